The topological polar surface area (TPSA) is 55.4 Å². The molecule has 0 atom stereocenters. The van der Waals surface area contributed by atoms with Gasteiger partial charge in [0.1, 0.15) is 12.4 Å². The van der Waals surface area contributed by atoms with Crippen LogP contribution in [0.3, 0.4) is 0 Å². The molecule has 0 saturated heterocycles. The number of rotatable bonds is 8. The summed E-state index contributed by atoms with van der Waals surface area (Å²) in [5.74, 6) is 0.823. The van der Waals surface area contributed by atoms with E-state index in [9.17, 15) is 8.42 Å². The van der Waals surface area contributed by atoms with Crippen molar-refractivity contribution in [3.05, 3.63) is 66.2 Å². The Bertz CT molecular complexity index is 627. The minimum absolute atomic E-state index is 0.0857. The van der Waals surface area contributed by atoms with Gasteiger partial charge in [0, 0.05) is 6.54 Å². The molecule has 112 valence electrons. The van der Waals surface area contributed by atoms with E-state index in [1.54, 1.807) is 0 Å². The number of ether oxygens (including phenoxy) is 1. The van der Waals surface area contributed by atoms with Crippen molar-refractivity contribution in [3.63, 3.8) is 0 Å². The minimum Gasteiger partial charge on any atom is -0.492 e. The van der Waals surface area contributed by atoms with Gasteiger partial charge in [-0.15, -0.1) is 0 Å². The van der Waals surface area contributed by atoms with Gasteiger partial charge in [0.05, 0.1) is 5.75 Å². The predicted octanol–water partition coefficient (Wildman–Crippen LogP) is 2.23. The molecule has 0 amide bonds. The van der Waals surface area contributed by atoms with E-state index in [2.05, 4.69) is 4.72 Å². The van der Waals surface area contributed by atoms with Gasteiger partial charge in [-0.25, -0.2) is 13.1 Å². The van der Waals surface area contributed by atoms with Crippen LogP contribution in [0.5, 0.6) is 5.75 Å². The molecule has 0 saturated carbocycles. The van der Waals surface area contributed by atoms with Gasteiger partial charge in [-0.1, -0.05) is 48.5 Å². The van der Waals surface area contributed by atoms with Crippen LogP contribution in [-0.2, 0) is 16.4 Å². The van der Waals surface area contributed by atoms with Gasteiger partial charge in [0.25, 0.3) is 0 Å². The molecule has 0 aliphatic rings. The fourth-order valence-corrected chi connectivity index (χ4v) is 2.89. The third-order valence-corrected chi connectivity index (χ3v) is 4.32. The molecule has 0 spiro atoms. The van der Waals surface area contributed by atoms with Crippen LogP contribution in [0.25, 0.3) is 0 Å². The maximum Gasteiger partial charge on any atom is 0.212 e. The number of benzene rings is 2. The molecule has 0 fully saturated rings. The molecule has 0 unspecified atom stereocenters. The average molecular weight is 305 g/mol. The summed E-state index contributed by atoms with van der Waals surface area (Å²) in [6.45, 7) is 0.584. The molecule has 2 aromatic rings. The Morgan fingerprint density at radius 3 is 2.19 bits per heavy atom. The second kappa shape index (κ2) is 7.81. The zero-order valence-corrected chi connectivity index (χ0v) is 12.6. The first-order chi connectivity index (χ1) is 10.2. The Labute approximate surface area is 125 Å². The van der Waals surface area contributed by atoms with E-state index in [0.717, 1.165) is 11.3 Å². The summed E-state index contributed by atoms with van der Waals surface area (Å²) in [5, 5.41) is 0. The Kier molecular flexibility index (Phi) is 5.78. The zero-order chi connectivity index (χ0) is 15.0. The summed E-state index contributed by atoms with van der Waals surface area (Å²) in [6.07, 6.45) is 0.510. The number of hydrogen-bond acceptors (Lipinski definition) is 3. The van der Waals surface area contributed by atoms with Gasteiger partial charge in [-0.05, 0) is 24.1 Å². The van der Waals surface area contributed by atoms with Gasteiger partial charge in [-0.2, -0.15) is 0 Å². The van der Waals surface area contributed by atoms with E-state index in [0.29, 0.717) is 13.0 Å². The van der Waals surface area contributed by atoms with Crippen molar-refractivity contribution in [1.82, 2.24) is 4.72 Å². The molecular weight excluding hydrogens is 286 g/mol. The largest absolute Gasteiger partial charge is 0.492 e. The normalized spacial score (nSPS) is 11.2. The highest BCUT2D eigenvalue weighted by molar-refractivity contribution is 7.89. The van der Waals surface area contributed by atoms with Gasteiger partial charge in [0.2, 0.25) is 10.0 Å². The third kappa shape index (κ3) is 5.97. The number of para-hydroxylation sites is 1. The second-order valence-corrected chi connectivity index (χ2v) is 6.54. The molecule has 2 rings (SSSR count). The first kappa shape index (κ1) is 15.5. The van der Waals surface area contributed by atoms with Crippen molar-refractivity contribution in [2.45, 2.75) is 6.42 Å². The first-order valence-corrected chi connectivity index (χ1v) is 8.50. The van der Waals surface area contributed by atoms with Crippen molar-refractivity contribution in [3.8, 4) is 5.75 Å². The summed E-state index contributed by atoms with van der Waals surface area (Å²) in [4.78, 5) is 0. The summed E-state index contributed by atoms with van der Waals surface area (Å²) in [7, 11) is -3.26. The highest BCUT2D eigenvalue weighted by atomic mass is 32.2. The number of nitrogens with one attached hydrogen (secondary N) is 1. The zero-order valence-electron chi connectivity index (χ0n) is 11.7. The number of hydrogen-bond donors (Lipinski definition) is 1. The van der Waals surface area contributed by atoms with Crippen LogP contribution in [0.2, 0.25) is 0 Å². The molecule has 0 radical (unpaired) electrons. The van der Waals surface area contributed by atoms with Crippen LogP contribution >= 0.6 is 0 Å². The molecule has 0 aliphatic heterocycles. The van der Waals surface area contributed by atoms with Crippen molar-refractivity contribution < 1.29 is 13.2 Å². The van der Waals surface area contributed by atoms with E-state index < -0.39 is 10.0 Å². The standard InChI is InChI=1S/C16H19NO3S/c18-21(19,14-11-15-7-3-1-4-8-15)17-12-13-20-16-9-5-2-6-10-16/h1-10,17H,11-14H2. The van der Waals surface area contributed by atoms with Crippen LogP contribution in [0.1, 0.15) is 5.56 Å². The van der Waals surface area contributed by atoms with Crippen molar-refractivity contribution in [2.75, 3.05) is 18.9 Å². The highest BCUT2D eigenvalue weighted by Gasteiger charge is 2.09. The molecule has 0 bridgehead atoms. The van der Waals surface area contributed by atoms with E-state index in [-0.39, 0.29) is 12.3 Å². The maximum atomic E-state index is 11.8. The quantitative estimate of drug-likeness (QED) is 0.761. The predicted molar refractivity (Wildman–Crippen MR) is 83.9 cm³/mol. The average Bonchev–Trinajstić information content (AvgIpc) is 2.52. The molecule has 5 heteroatoms. The lowest BCUT2D eigenvalue weighted by molar-refractivity contribution is 0.323. The summed E-state index contributed by atoms with van der Waals surface area (Å²) < 4.78 is 31.7. The van der Waals surface area contributed by atoms with Crippen molar-refractivity contribution in [1.29, 1.82) is 0 Å². The Hall–Kier alpha value is -1.85. The summed E-state index contributed by atoms with van der Waals surface area (Å²) in [5.41, 5.74) is 1.02. The number of sulfonamides is 1. The van der Waals surface area contributed by atoms with Crippen molar-refractivity contribution in [2.24, 2.45) is 0 Å². The van der Waals surface area contributed by atoms with Crippen LogP contribution < -0.4 is 9.46 Å². The van der Waals surface area contributed by atoms with E-state index >= 15 is 0 Å². The molecule has 2 aromatic carbocycles. The fraction of sp³-hybridized carbons (Fsp3) is 0.250. The smallest absolute Gasteiger partial charge is 0.212 e. The lowest BCUT2D eigenvalue weighted by Crippen LogP contribution is -2.31. The van der Waals surface area contributed by atoms with Gasteiger partial charge >= 0.3 is 0 Å². The molecule has 1 N–H and O–H groups in total. The van der Waals surface area contributed by atoms with Crippen molar-refractivity contribution >= 4 is 10.0 Å². The van der Waals surface area contributed by atoms with E-state index in [1.165, 1.54) is 0 Å². The van der Waals surface area contributed by atoms with Gasteiger partial charge in [-0.3, -0.25) is 0 Å². The maximum absolute atomic E-state index is 11.8. The highest BCUT2D eigenvalue weighted by Crippen LogP contribution is 2.07. The van der Waals surface area contributed by atoms with Crippen LogP contribution in [-0.4, -0.2) is 27.3 Å². The van der Waals surface area contributed by atoms with Crippen LogP contribution in [0.15, 0.2) is 60.7 Å². The van der Waals surface area contributed by atoms with Crippen LogP contribution in [0.4, 0.5) is 0 Å². The van der Waals surface area contributed by atoms with Gasteiger partial charge in [0.15, 0.2) is 0 Å². The Morgan fingerprint density at radius 1 is 0.905 bits per heavy atom. The summed E-state index contributed by atoms with van der Waals surface area (Å²) in [6, 6.07) is 18.9. The van der Waals surface area contributed by atoms with E-state index in [1.807, 2.05) is 60.7 Å². The summed E-state index contributed by atoms with van der Waals surface area (Å²) >= 11 is 0. The lowest BCUT2D eigenvalue weighted by atomic mass is 10.2. The molecule has 21 heavy (non-hydrogen) atoms. The van der Waals surface area contributed by atoms with Gasteiger partial charge < -0.3 is 4.74 Å². The molecule has 0 aromatic heterocycles. The Morgan fingerprint density at radius 2 is 1.52 bits per heavy atom. The monoisotopic (exact) mass is 305 g/mol. The van der Waals surface area contributed by atoms with E-state index in [4.69, 9.17) is 4.74 Å². The number of aryl methyl sites for hydroxylation is 1. The second-order valence-electron chi connectivity index (χ2n) is 4.61. The third-order valence-electron chi connectivity index (χ3n) is 2.94. The minimum atomic E-state index is -3.26. The lowest BCUT2D eigenvalue weighted by Gasteiger charge is -2.08. The Balaban J connectivity index is 1.69. The first-order valence-electron chi connectivity index (χ1n) is 6.85. The SMILES string of the molecule is O=S(=O)(CCc1ccccc1)NCCOc1ccccc1. The fourth-order valence-electron chi connectivity index (χ4n) is 1.85. The molecule has 0 heterocycles. The molecular formula is C16H19NO3S. The van der Waals surface area contributed by atoms with Crippen LogP contribution in [0, 0.1) is 0 Å². The molecule has 4 nitrogen and oxygen atoms in total. The molecule has 0 aliphatic carbocycles.